The van der Waals surface area contributed by atoms with Crippen molar-refractivity contribution in [1.29, 1.82) is 0 Å². The Morgan fingerprint density at radius 1 is 1.24 bits per heavy atom. The van der Waals surface area contributed by atoms with Gasteiger partial charge < -0.3 is 10.1 Å². The molecule has 118 valence electrons. The minimum Gasteiger partial charge on any atom is -0.444 e. The third-order valence-electron chi connectivity index (χ3n) is 2.34. The molecule has 0 heterocycles. The largest absolute Gasteiger partial charge is 0.444 e. The molecular formula is C14H21NO5S. The molecule has 6 nitrogen and oxygen atoms in total. The van der Waals surface area contributed by atoms with E-state index in [1.54, 1.807) is 45.0 Å². The van der Waals surface area contributed by atoms with Gasteiger partial charge in [0.25, 0.3) is 10.1 Å². The molecule has 0 saturated carbocycles. The number of carbonyl (C=O) groups is 1. The van der Waals surface area contributed by atoms with E-state index in [4.69, 9.17) is 8.92 Å². The van der Waals surface area contributed by atoms with Crippen LogP contribution in [0.3, 0.4) is 0 Å². The summed E-state index contributed by atoms with van der Waals surface area (Å²) in [5, 5.41) is 2.61. The SMILES string of the molecule is CC(C)(C)OC(=O)N[C@@H](COS(C)(=O)=O)c1ccccc1. The smallest absolute Gasteiger partial charge is 0.408 e. The van der Waals surface area contributed by atoms with Crippen molar-refractivity contribution in [3.8, 4) is 0 Å². The van der Waals surface area contributed by atoms with Crippen LogP contribution in [0.25, 0.3) is 0 Å². The van der Waals surface area contributed by atoms with Gasteiger partial charge in [-0.2, -0.15) is 8.42 Å². The van der Waals surface area contributed by atoms with Crippen molar-refractivity contribution in [3.63, 3.8) is 0 Å². The third-order valence-corrected chi connectivity index (χ3v) is 2.91. The summed E-state index contributed by atoms with van der Waals surface area (Å²) in [4.78, 5) is 11.8. The van der Waals surface area contributed by atoms with Gasteiger partial charge in [0.1, 0.15) is 5.60 Å². The summed E-state index contributed by atoms with van der Waals surface area (Å²) >= 11 is 0. The fourth-order valence-electron chi connectivity index (χ4n) is 1.55. The van der Waals surface area contributed by atoms with Crippen LogP contribution in [0, 0.1) is 0 Å². The lowest BCUT2D eigenvalue weighted by molar-refractivity contribution is 0.0487. The summed E-state index contributed by atoms with van der Waals surface area (Å²) in [6, 6.07) is 8.34. The molecule has 0 spiro atoms. The second-order valence-electron chi connectivity index (χ2n) is 5.60. The van der Waals surface area contributed by atoms with Gasteiger partial charge in [-0.1, -0.05) is 30.3 Å². The normalized spacial score (nSPS) is 13.5. The van der Waals surface area contributed by atoms with Gasteiger partial charge in [-0.3, -0.25) is 4.18 Å². The first-order chi connectivity index (χ1) is 9.57. The van der Waals surface area contributed by atoms with Crippen LogP contribution in [0.5, 0.6) is 0 Å². The summed E-state index contributed by atoms with van der Waals surface area (Å²) in [6.07, 6.45) is 0.330. The molecule has 1 rings (SSSR count). The van der Waals surface area contributed by atoms with Gasteiger partial charge in [0, 0.05) is 0 Å². The molecule has 1 aromatic rings. The zero-order chi connectivity index (χ0) is 16.1. The maximum atomic E-state index is 11.8. The average molecular weight is 315 g/mol. The Balaban J connectivity index is 2.80. The molecule has 0 aliphatic carbocycles. The molecule has 7 heteroatoms. The van der Waals surface area contributed by atoms with Crippen LogP contribution in [0.1, 0.15) is 32.4 Å². The quantitative estimate of drug-likeness (QED) is 0.843. The van der Waals surface area contributed by atoms with Crippen LogP contribution in [0.2, 0.25) is 0 Å². The first-order valence-electron chi connectivity index (χ1n) is 6.46. The number of nitrogens with one attached hydrogen (secondary N) is 1. The maximum absolute atomic E-state index is 11.8. The Hall–Kier alpha value is -1.60. The molecule has 0 bridgehead atoms. The molecule has 0 aromatic heterocycles. The molecule has 0 unspecified atom stereocenters. The molecule has 1 amide bonds. The predicted molar refractivity (Wildman–Crippen MR) is 79.3 cm³/mol. The van der Waals surface area contributed by atoms with Crippen LogP contribution in [-0.4, -0.2) is 33.0 Å². The second-order valence-corrected chi connectivity index (χ2v) is 7.24. The van der Waals surface area contributed by atoms with Crippen LogP contribution in [-0.2, 0) is 19.0 Å². The zero-order valence-corrected chi connectivity index (χ0v) is 13.4. The van der Waals surface area contributed by atoms with E-state index < -0.39 is 27.9 Å². The molecule has 1 aromatic carbocycles. The summed E-state index contributed by atoms with van der Waals surface area (Å²) in [5.41, 5.74) is 0.0928. The lowest BCUT2D eigenvalue weighted by atomic mass is 10.1. The standard InChI is InChI=1S/C14H21NO5S/c1-14(2,3)20-13(16)15-12(10-19-21(4,17)18)11-8-6-5-7-9-11/h5-9,12H,10H2,1-4H3,(H,15,16)/t12-/m0/s1. The highest BCUT2D eigenvalue weighted by atomic mass is 32.2. The van der Waals surface area contributed by atoms with Crippen LogP contribution < -0.4 is 5.32 Å². The lowest BCUT2D eigenvalue weighted by Crippen LogP contribution is -2.37. The van der Waals surface area contributed by atoms with Crippen LogP contribution >= 0.6 is 0 Å². The number of alkyl carbamates (subject to hydrolysis) is 1. The topological polar surface area (TPSA) is 81.7 Å². The van der Waals surface area contributed by atoms with E-state index in [-0.39, 0.29) is 6.61 Å². The van der Waals surface area contributed by atoms with Gasteiger partial charge in [-0.15, -0.1) is 0 Å². The Labute approximate surface area is 125 Å². The number of benzene rings is 1. The molecule has 0 saturated heterocycles. The van der Waals surface area contributed by atoms with E-state index in [2.05, 4.69) is 5.32 Å². The Morgan fingerprint density at radius 2 is 1.81 bits per heavy atom. The van der Waals surface area contributed by atoms with Gasteiger partial charge in [-0.25, -0.2) is 4.79 Å². The predicted octanol–water partition coefficient (Wildman–Crippen LogP) is 2.23. The van der Waals surface area contributed by atoms with E-state index in [0.717, 1.165) is 11.8 Å². The van der Waals surface area contributed by atoms with Crippen molar-refractivity contribution in [3.05, 3.63) is 35.9 Å². The number of hydrogen-bond donors (Lipinski definition) is 1. The van der Waals surface area contributed by atoms with Gasteiger partial charge >= 0.3 is 6.09 Å². The Morgan fingerprint density at radius 3 is 2.29 bits per heavy atom. The minimum absolute atomic E-state index is 0.192. The maximum Gasteiger partial charge on any atom is 0.408 e. The van der Waals surface area contributed by atoms with Crippen molar-refractivity contribution in [2.45, 2.75) is 32.4 Å². The fourth-order valence-corrected chi connectivity index (χ4v) is 1.93. The molecule has 1 N–H and O–H groups in total. The van der Waals surface area contributed by atoms with Crippen molar-refractivity contribution >= 4 is 16.2 Å². The van der Waals surface area contributed by atoms with Crippen LogP contribution in [0.15, 0.2) is 30.3 Å². The Kier molecular flexibility index (Phi) is 5.74. The van der Waals surface area contributed by atoms with Crippen molar-refractivity contribution in [2.75, 3.05) is 12.9 Å². The minimum atomic E-state index is -3.59. The van der Waals surface area contributed by atoms with Gasteiger partial charge in [0.05, 0.1) is 18.9 Å². The van der Waals surface area contributed by atoms with E-state index in [1.807, 2.05) is 6.07 Å². The van der Waals surface area contributed by atoms with Crippen molar-refractivity contribution in [1.82, 2.24) is 5.32 Å². The van der Waals surface area contributed by atoms with E-state index in [9.17, 15) is 13.2 Å². The number of carbonyl (C=O) groups excluding carboxylic acids is 1. The summed E-state index contributed by atoms with van der Waals surface area (Å²) in [6.45, 7) is 5.05. The first-order valence-corrected chi connectivity index (χ1v) is 8.27. The van der Waals surface area contributed by atoms with Gasteiger partial charge in [0.15, 0.2) is 0 Å². The third kappa shape index (κ3) is 7.67. The van der Waals surface area contributed by atoms with E-state index in [1.165, 1.54) is 0 Å². The van der Waals surface area contributed by atoms with Crippen molar-refractivity contribution < 1.29 is 22.1 Å². The average Bonchev–Trinajstić information content (AvgIpc) is 2.32. The van der Waals surface area contributed by atoms with Crippen LogP contribution in [0.4, 0.5) is 4.79 Å². The highest BCUT2D eigenvalue weighted by Gasteiger charge is 2.21. The number of rotatable bonds is 5. The van der Waals surface area contributed by atoms with E-state index in [0.29, 0.717) is 0 Å². The molecular weight excluding hydrogens is 294 g/mol. The van der Waals surface area contributed by atoms with Crippen molar-refractivity contribution in [2.24, 2.45) is 0 Å². The van der Waals surface area contributed by atoms with Gasteiger partial charge in [-0.05, 0) is 26.3 Å². The molecule has 21 heavy (non-hydrogen) atoms. The summed E-state index contributed by atoms with van der Waals surface area (Å²) < 4.78 is 32.2. The van der Waals surface area contributed by atoms with Gasteiger partial charge in [0.2, 0.25) is 0 Å². The molecule has 0 aliphatic heterocycles. The zero-order valence-electron chi connectivity index (χ0n) is 12.6. The highest BCUT2D eigenvalue weighted by Crippen LogP contribution is 2.15. The molecule has 1 atom stereocenters. The summed E-state index contributed by atoms with van der Waals surface area (Å²) in [5.74, 6) is 0. The monoisotopic (exact) mass is 315 g/mol. The second kappa shape index (κ2) is 6.91. The number of ether oxygens (including phenoxy) is 1. The fraction of sp³-hybridized carbons (Fsp3) is 0.500. The first kappa shape index (κ1) is 17.5. The molecule has 0 radical (unpaired) electrons. The Bertz CT molecular complexity index is 563. The highest BCUT2D eigenvalue weighted by molar-refractivity contribution is 7.85. The molecule has 0 fully saturated rings. The van der Waals surface area contributed by atoms with E-state index >= 15 is 0 Å². The number of hydrogen-bond acceptors (Lipinski definition) is 5. The lowest BCUT2D eigenvalue weighted by Gasteiger charge is -2.23. The summed E-state index contributed by atoms with van der Waals surface area (Å²) in [7, 11) is -3.59. The molecule has 0 aliphatic rings. The number of amides is 1.